The number of hydrogen-bond acceptors (Lipinski definition) is 7. The lowest BCUT2D eigenvalue weighted by molar-refractivity contribution is -0.186. The van der Waals surface area contributed by atoms with Crippen LogP contribution in [0.3, 0.4) is 0 Å². The van der Waals surface area contributed by atoms with E-state index in [-0.39, 0.29) is 30.5 Å². The van der Waals surface area contributed by atoms with Gasteiger partial charge < -0.3 is 24.8 Å². The Labute approximate surface area is 283 Å². The fourth-order valence-electron chi connectivity index (χ4n) is 6.48. The average molecular weight is 688 g/mol. The van der Waals surface area contributed by atoms with Crippen molar-refractivity contribution in [1.82, 2.24) is 9.88 Å². The van der Waals surface area contributed by atoms with Crippen molar-refractivity contribution in [2.24, 2.45) is 5.73 Å². The van der Waals surface area contributed by atoms with E-state index in [9.17, 15) is 18.4 Å². The second-order valence-corrected chi connectivity index (χ2v) is 14.0. The molecule has 8 nitrogen and oxygen atoms in total. The van der Waals surface area contributed by atoms with Gasteiger partial charge in [0.15, 0.2) is 5.78 Å². The number of ether oxygens (including phenoxy) is 3. The van der Waals surface area contributed by atoms with Crippen LogP contribution in [0.4, 0.5) is 18.0 Å². The molecule has 1 spiro atoms. The summed E-state index contributed by atoms with van der Waals surface area (Å²) in [4.78, 5) is 32.5. The molecule has 3 atom stereocenters. The molecule has 12 heteroatoms. The van der Waals surface area contributed by atoms with Gasteiger partial charge in [-0.25, -0.2) is 18.0 Å². The zero-order chi connectivity index (χ0) is 34.6. The van der Waals surface area contributed by atoms with Crippen molar-refractivity contribution in [3.8, 4) is 0 Å². The monoisotopic (exact) mass is 687 g/mol. The number of rotatable bonds is 9. The lowest BCUT2D eigenvalue weighted by Gasteiger charge is -2.48. The van der Waals surface area contributed by atoms with Crippen LogP contribution in [-0.2, 0) is 31.8 Å². The van der Waals surface area contributed by atoms with Crippen LogP contribution in [0.25, 0.3) is 0 Å². The van der Waals surface area contributed by atoms with Gasteiger partial charge in [-0.1, -0.05) is 23.7 Å². The quantitative estimate of drug-likeness (QED) is 0.273. The lowest BCUT2D eigenvalue weighted by Crippen LogP contribution is -2.59. The SMILES string of the molecule is CC(C)(C)OC(=O)N1C[C@@H](CCc2c(F)cncc2CC(=O)[C@@H](N)[C@@H](c2ccc(Cl)cc2)c2cc(F)cc(F)c2)OC2(CCOCC2)C1. The molecule has 2 N–H and O–H groups in total. The van der Waals surface area contributed by atoms with Gasteiger partial charge in [0.1, 0.15) is 23.1 Å². The summed E-state index contributed by atoms with van der Waals surface area (Å²) in [5, 5.41) is 0.442. The first-order chi connectivity index (χ1) is 22.7. The van der Waals surface area contributed by atoms with Gasteiger partial charge in [-0.15, -0.1) is 0 Å². The van der Waals surface area contributed by atoms with E-state index in [1.165, 1.54) is 6.20 Å². The molecule has 2 aromatic carbocycles. The zero-order valence-corrected chi connectivity index (χ0v) is 28.1. The molecule has 3 heterocycles. The van der Waals surface area contributed by atoms with Gasteiger partial charge in [0.25, 0.3) is 0 Å². The molecule has 2 saturated heterocycles. The number of Topliss-reactive ketones (excluding diaryl/α,β-unsaturated/α-hetero) is 1. The van der Waals surface area contributed by atoms with Gasteiger partial charge in [-0.2, -0.15) is 0 Å². The van der Waals surface area contributed by atoms with Crippen LogP contribution < -0.4 is 5.73 Å². The Morgan fingerprint density at radius 3 is 2.38 bits per heavy atom. The van der Waals surface area contributed by atoms with Gasteiger partial charge >= 0.3 is 6.09 Å². The van der Waals surface area contributed by atoms with Crippen LogP contribution in [0.5, 0.6) is 0 Å². The molecule has 48 heavy (non-hydrogen) atoms. The highest BCUT2D eigenvalue weighted by Gasteiger charge is 2.44. The van der Waals surface area contributed by atoms with Crippen LogP contribution in [-0.4, -0.2) is 71.4 Å². The summed E-state index contributed by atoms with van der Waals surface area (Å²) >= 11 is 6.07. The van der Waals surface area contributed by atoms with Gasteiger partial charge in [0.2, 0.25) is 0 Å². The van der Waals surface area contributed by atoms with E-state index in [0.29, 0.717) is 55.2 Å². The molecule has 0 bridgehead atoms. The van der Waals surface area contributed by atoms with E-state index in [2.05, 4.69) is 4.98 Å². The number of benzene rings is 2. The third-order valence-corrected chi connectivity index (χ3v) is 9.01. The maximum absolute atomic E-state index is 15.4. The van der Waals surface area contributed by atoms with Crippen molar-refractivity contribution in [3.63, 3.8) is 0 Å². The number of ketones is 1. The topological polar surface area (TPSA) is 104 Å². The largest absolute Gasteiger partial charge is 0.444 e. The van der Waals surface area contributed by atoms with Gasteiger partial charge in [-0.05, 0) is 80.1 Å². The van der Waals surface area contributed by atoms with Crippen LogP contribution in [0, 0.1) is 17.5 Å². The minimum absolute atomic E-state index is 0.180. The molecule has 0 unspecified atom stereocenters. The van der Waals surface area contributed by atoms with Crippen molar-refractivity contribution >= 4 is 23.5 Å². The molecular formula is C36H41ClF3N3O5. The number of hydrogen-bond donors (Lipinski definition) is 1. The fourth-order valence-corrected chi connectivity index (χ4v) is 6.61. The van der Waals surface area contributed by atoms with Crippen molar-refractivity contribution in [2.45, 2.75) is 82.1 Å². The standard InChI is InChI=1S/C36H41ClF3N3O5/c1-35(2,3)48-34(45)43-20-28(47-36(21-43)10-12-46-13-11-36)8-9-29-24(18-42-19-30(29)40)16-31(44)33(41)32(22-4-6-25(37)7-5-22)23-14-26(38)17-27(39)15-23/h4-7,14-15,17-19,28,32-33H,8-13,16,20-21,41H2,1-3H3/t28-,32+,33-/m1/s1. The van der Waals surface area contributed by atoms with Crippen molar-refractivity contribution in [2.75, 3.05) is 26.3 Å². The molecule has 1 amide bonds. The number of halogens is 4. The highest BCUT2D eigenvalue weighted by Crippen LogP contribution is 2.35. The fraction of sp³-hybridized carbons (Fsp3) is 0.472. The first-order valence-corrected chi connectivity index (χ1v) is 16.4. The molecule has 0 aliphatic carbocycles. The van der Waals surface area contributed by atoms with Crippen molar-refractivity contribution < 1.29 is 37.0 Å². The Balaban J connectivity index is 1.35. The van der Waals surface area contributed by atoms with Gasteiger partial charge in [0, 0.05) is 55.7 Å². The van der Waals surface area contributed by atoms with Crippen LogP contribution in [0.15, 0.2) is 54.9 Å². The van der Waals surface area contributed by atoms with E-state index in [0.717, 1.165) is 24.4 Å². The number of nitrogens with zero attached hydrogens (tertiary/aromatic N) is 2. The van der Waals surface area contributed by atoms with E-state index < -0.39 is 58.6 Å². The first-order valence-electron chi connectivity index (χ1n) is 16.1. The maximum Gasteiger partial charge on any atom is 0.410 e. The smallest absolute Gasteiger partial charge is 0.410 e. The Hall–Kier alpha value is -3.51. The number of aromatic nitrogens is 1. The molecule has 2 aliphatic rings. The first kappa shape index (κ1) is 35.8. The maximum atomic E-state index is 15.4. The number of morpholine rings is 1. The highest BCUT2D eigenvalue weighted by atomic mass is 35.5. The second-order valence-electron chi connectivity index (χ2n) is 13.6. The second kappa shape index (κ2) is 14.9. The summed E-state index contributed by atoms with van der Waals surface area (Å²) in [6, 6.07) is 8.29. The Kier molecular flexibility index (Phi) is 11.1. The Morgan fingerprint density at radius 1 is 1.06 bits per heavy atom. The molecule has 0 radical (unpaired) electrons. The zero-order valence-electron chi connectivity index (χ0n) is 27.3. The highest BCUT2D eigenvalue weighted by molar-refractivity contribution is 6.30. The molecular weight excluding hydrogens is 647 g/mol. The average Bonchev–Trinajstić information content (AvgIpc) is 3.00. The predicted molar refractivity (Wildman–Crippen MR) is 174 cm³/mol. The number of nitrogens with two attached hydrogens (primary N) is 1. The summed E-state index contributed by atoms with van der Waals surface area (Å²) in [6.45, 7) is 7.05. The molecule has 2 aliphatic heterocycles. The summed E-state index contributed by atoms with van der Waals surface area (Å²) < 4.78 is 61.7. The third kappa shape index (κ3) is 8.93. The Bertz CT molecular complexity index is 1590. The third-order valence-electron chi connectivity index (χ3n) is 8.75. The summed E-state index contributed by atoms with van der Waals surface area (Å²) in [7, 11) is 0. The summed E-state index contributed by atoms with van der Waals surface area (Å²) in [6.07, 6.45) is 3.14. The van der Waals surface area contributed by atoms with Crippen LogP contribution in [0.2, 0.25) is 5.02 Å². The molecule has 2 fully saturated rings. The number of carbonyl (C=O) groups is 2. The minimum Gasteiger partial charge on any atom is -0.444 e. The minimum atomic E-state index is -1.24. The summed E-state index contributed by atoms with van der Waals surface area (Å²) in [5.74, 6) is -3.58. The van der Waals surface area contributed by atoms with E-state index >= 15 is 4.39 Å². The molecule has 5 rings (SSSR count). The Morgan fingerprint density at radius 2 is 1.73 bits per heavy atom. The molecule has 3 aromatic rings. The number of pyridine rings is 1. The van der Waals surface area contributed by atoms with Crippen molar-refractivity contribution in [3.05, 3.63) is 99.6 Å². The van der Waals surface area contributed by atoms with Gasteiger partial charge in [-0.3, -0.25) is 9.78 Å². The predicted octanol–water partition coefficient (Wildman–Crippen LogP) is 6.54. The van der Waals surface area contributed by atoms with E-state index in [4.69, 9.17) is 31.5 Å². The van der Waals surface area contributed by atoms with Crippen molar-refractivity contribution in [1.29, 1.82) is 0 Å². The number of amides is 1. The molecule has 0 saturated carbocycles. The normalized spacial score (nSPS) is 19.2. The lowest BCUT2D eigenvalue weighted by atomic mass is 9.82. The van der Waals surface area contributed by atoms with Crippen LogP contribution >= 0.6 is 11.6 Å². The molecule has 258 valence electrons. The molecule has 1 aromatic heterocycles. The van der Waals surface area contributed by atoms with Crippen LogP contribution in [0.1, 0.15) is 68.2 Å². The van der Waals surface area contributed by atoms with Gasteiger partial charge in [0.05, 0.1) is 37.0 Å². The van der Waals surface area contributed by atoms with E-state index in [1.54, 1.807) is 29.2 Å². The number of carbonyl (C=O) groups excluding carboxylic acids is 2. The summed E-state index contributed by atoms with van der Waals surface area (Å²) in [5.41, 5.74) is 6.60. The van der Waals surface area contributed by atoms with E-state index in [1.807, 2.05) is 20.8 Å².